The van der Waals surface area contributed by atoms with Crippen molar-refractivity contribution >= 4 is 5.78 Å². The van der Waals surface area contributed by atoms with E-state index in [0.717, 1.165) is 0 Å². The van der Waals surface area contributed by atoms with E-state index in [4.69, 9.17) is 0 Å². The van der Waals surface area contributed by atoms with Crippen LogP contribution in [0.1, 0.15) is 13.3 Å². The molecule has 0 amide bonds. The van der Waals surface area contributed by atoms with E-state index in [9.17, 15) is 9.70 Å². The number of hydrogen-bond donors (Lipinski definition) is 0. The van der Waals surface area contributed by atoms with Gasteiger partial charge in [-0.05, 0) is 13.3 Å². The van der Waals surface area contributed by atoms with Gasteiger partial charge in [-0.1, -0.05) is 23.4 Å². The molecule has 0 aromatic rings. The van der Waals surface area contributed by atoms with Gasteiger partial charge < -0.3 is 0 Å². The number of carbonyl (C=O) groups is 1. The average Bonchev–Trinajstić information content (AvgIpc) is 2.05. The molecule has 0 spiro atoms. The van der Waals surface area contributed by atoms with Crippen LogP contribution in [-0.4, -0.2) is 11.8 Å². The van der Waals surface area contributed by atoms with Crippen molar-refractivity contribution in [3.05, 3.63) is 28.7 Å². The van der Waals surface area contributed by atoms with E-state index in [2.05, 4.69) is 5.18 Å². The Labute approximate surface area is 64.8 Å². The Morgan fingerprint density at radius 3 is 2.82 bits per heavy atom. The molecule has 0 aromatic carbocycles. The van der Waals surface area contributed by atoms with Gasteiger partial charge in [0.1, 0.15) is 6.04 Å². The lowest BCUT2D eigenvalue weighted by molar-refractivity contribution is -0.113. The molecule has 0 N–H and O–H groups in total. The van der Waals surface area contributed by atoms with Crippen molar-refractivity contribution in [2.75, 3.05) is 0 Å². The van der Waals surface area contributed by atoms with Crippen molar-refractivity contribution in [3.63, 3.8) is 0 Å². The summed E-state index contributed by atoms with van der Waals surface area (Å²) in [5.41, 5.74) is 0.671. The molecule has 1 atom stereocenters. The van der Waals surface area contributed by atoms with E-state index in [-0.39, 0.29) is 11.8 Å². The second-order valence-electron chi connectivity index (χ2n) is 2.48. The van der Waals surface area contributed by atoms with Crippen LogP contribution in [0, 0.1) is 4.91 Å². The molecular formula is C8H9NO2. The maximum Gasteiger partial charge on any atom is 0.159 e. The highest BCUT2D eigenvalue weighted by Crippen LogP contribution is 2.13. The van der Waals surface area contributed by atoms with Crippen molar-refractivity contribution < 1.29 is 4.79 Å². The van der Waals surface area contributed by atoms with Crippen LogP contribution in [-0.2, 0) is 4.79 Å². The van der Waals surface area contributed by atoms with Crippen LogP contribution in [0.5, 0.6) is 0 Å². The lowest BCUT2D eigenvalue weighted by Crippen LogP contribution is -2.05. The number of Topliss-reactive ketones (excluding diaryl/α,β-unsaturated/α-hetero) is 1. The first-order valence-corrected chi connectivity index (χ1v) is 3.46. The summed E-state index contributed by atoms with van der Waals surface area (Å²) in [4.78, 5) is 20.8. The van der Waals surface area contributed by atoms with Crippen LogP contribution in [0.25, 0.3) is 0 Å². The van der Waals surface area contributed by atoms with Crippen LogP contribution in [0.3, 0.4) is 0 Å². The Morgan fingerprint density at radius 1 is 1.73 bits per heavy atom. The molecule has 0 saturated carbocycles. The van der Waals surface area contributed by atoms with Crippen molar-refractivity contribution in [2.45, 2.75) is 19.4 Å². The molecule has 0 aliphatic heterocycles. The highest BCUT2D eigenvalue weighted by atomic mass is 16.3. The number of rotatable bonds is 2. The maximum atomic E-state index is 10.8. The minimum Gasteiger partial charge on any atom is -0.295 e. The topological polar surface area (TPSA) is 46.5 Å². The first-order chi connectivity index (χ1) is 5.24. The zero-order valence-corrected chi connectivity index (χ0v) is 6.28. The van der Waals surface area contributed by atoms with Crippen LogP contribution >= 0.6 is 0 Å². The lowest BCUT2D eigenvalue weighted by atomic mass is 10.0. The van der Waals surface area contributed by atoms with Gasteiger partial charge in [0.25, 0.3) is 0 Å². The van der Waals surface area contributed by atoms with Crippen LogP contribution in [0.2, 0.25) is 0 Å². The highest BCUT2D eigenvalue weighted by Gasteiger charge is 2.09. The van der Waals surface area contributed by atoms with Crippen molar-refractivity contribution in [3.8, 4) is 0 Å². The summed E-state index contributed by atoms with van der Waals surface area (Å²) in [6.07, 6.45) is 5.60. The minimum atomic E-state index is -0.280. The fourth-order valence-electron chi connectivity index (χ4n) is 0.948. The summed E-state index contributed by atoms with van der Waals surface area (Å²) in [5.74, 6) is 0.0330. The first-order valence-electron chi connectivity index (χ1n) is 3.46. The molecule has 0 bridgehead atoms. The lowest BCUT2D eigenvalue weighted by Gasteiger charge is -2.06. The van der Waals surface area contributed by atoms with Crippen molar-refractivity contribution in [1.29, 1.82) is 0 Å². The molecule has 11 heavy (non-hydrogen) atoms. The Kier molecular flexibility index (Phi) is 2.31. The van der Waals surface area contributed by atoms with Crippen molar-refractivity contribution in [2.24, 2.45) is 5.18 Å². The first kappa shape index (κ1) is 7.85. The fourth-order valence-corrected chi connectivity index (χ4v) is 0.948. The summed E-state index contributed by atoms with van der Waals surface area (Å²) in [5, 5.41) is 2.85. The van der Waals surface area contributed by atoms with Gasteiger partial charge >= 0.3 is 0 Å². The smallest absolute Gasteiger partial charge is 0.159 e. The number of nitroso groups, excluding NO2 is 1. The predicted molar refractivity (Wildman–Crippen MR) is 42.1 cm³/mol. The molecule has 1 rings (SSSR count). The van der Waals surface area contributed by atoms with Crippen LogP contribution in [0.15, 0.2) is 29.0 Å². The summed E-state index contributed by atoms with van der Waals surface area (Å²) < 4.78 is 0. The van der Waals surface area contributed by atoms with Gasteiger partial charge in [-0.25, -0.2) is 0 Å². The molecule has 58 valence electrons. The number of hydrogen-bond acceptors (Lipinski definition) is 3. The molecule has 1 aliphatic rings. The Hall–Kier alpha value is -1.25. The molecule has 0 fully saturated rings. The maximum absolute atomic E-state index is 10.8. The second-order valence-corrected chi connectivity index (χ2v) is 2.48. The van der Waals surface area contributed by atoms with E-state index in [1.807, 2.05) is 0 Å². The fraction of sp³-hybridized carbons (Fsp3) is 0.375. The molecule has 1 unspecified atom stereocenters. The summed E-state index contributed by atoms with van der Waals surface area (Å²) in [6.45, 7) is 1.50. The van der Waals surface area contributed by atoms with E-state index in [1.165, 1.54) is 6.92 Å². The predicted octanol–water partition coefficient (Wildman–Crippen LogP) is 1.60. The molecule has 0 saturated heterocycles. The second kappa shape index (κ2) is 3.23. The van der Waals surface area contributed by atoms with Gasteiger partial charge in [-0.2, -0.15) is 4.91 Å². The summed E-state index contributed by atoms with van der Waals surface area (Å²) in [6, 6.07) is -0.280. The Bertz CT molecular complexity index is 240. The zero-order chi connectivity index (χ0) is 8.27. The number of nitrogens with zero attached hydrogens (tertiary/aromatic N) is 1. The third-order valence-corrected chi connectivity index (χ3v) is 1.62. The number of carbonyl (C=O) groups excluding carboxylic acids is 1. The molecule has 0 aromatic heterocycles. The van der Waals surface area contributed by atoms with Crippen LogP contribution in [0.4, 0.5) is 0 Å². The third kappa shape index (κ3) is 1.83. The van der Waals surface area contributed by atoms with E-state index in [1.54, 1.807) is 18.2 Å². The molecular weight excluding hydrogens is 142 g/mol. The number of allylic oxidation sites excluding steroid dienone is 2. The largest absolute Gasteiger partial charge is 0.295 e. The van der Waals surface area contributed by atoms with Crippen LogP contribution < -0.4 is 0 Å². The Balaban J connectivity index is 2.66. The van der Waals surface area contributed by atoms with E-state index in [0.29, 0.717) is 12.0 Å². The normalized spacial score (nSPS) is 22.6. The van der Waals surface area contributed by atoms with Gasteiger partial charge in [0.15, 0.2) is 5.78 Å². The van der Waals surface area contributed by atoms with E-state index < -0.39 is 0 Å². The minimum absolute atomic E-state index is 0.0330. The van der Waals surface area contributed by atoms with Gasteiger partial charge in [0, 0.05) is 5.57 Å². The quantitative estimate of drug-likeness (QED) is 0.562. The summed E-state index contributed by atoms with van der Waals surface area (Å²) >= 11 is 0. The molecule has 3 nitrogen and oxygen atoms in total. The monoisotopic (exact) mass is 151 g/mol. The number of ketones is 1. The molecule has 0 heterocycles. The third-order valence-electron chi connectivity index (χ3n) is 1.62. The molecule has 0 radical (unpaired) electrons. The molecule has 1 aliphatic carbocycles. The van der Waals surface area contributed by atoms with Gasteiger partial charge in [-0.3, -0.25) is 4.79 Å². The van der Waals surface area contributed by atoms with Gasteiger partial charge in [0.05, 0.1) is 0 Å². The van der Waals surface area contributed by atoms with Gasteiger partial charge in [-0.15, -0.1) is 0 Å². The van der Waals surface area contributed by atoms with E-state index >= 15 is 0 Å². The average molecular weight is 151 g/mol. The zero-order valence-electron chi connectivity index (χ0n) is 6.28. The summed E-state index contributed by atoms with van der Waals surface area (Å²) in [7, 11) is 0. The SMILES string of the molecule is CC(=O)C1=CCC(N=O)C=C1. The Morgan fingerprint density at radius 2 is 2.45 bits per heavy atom. The molecule has 3 heteroatoms. The van der Waals surface area contributed by atoms with Gasteiger partial charge in [0.2, 0.25) is 0 Å². The highest BCUT2D eigenvalue weighted by molar-refractivity contribution is 5.96. The van der Waals surface area contributed by atoms with Crippen molar-refractivity contribution in [1.82, 2.24) is 0 Å². The standard InChI is InChI=1S/C8H9NO2/c1-6(10)7-2-4-8(9-11)5-3-7/h2-4,8H,5H2,1H3.